The molecule has 5 rings (SSSR count). The number of rotatable bonds is 5. The van der Waals surface area contributed by atoms with Crippen LogP contribution in [0.2, 0.25) is 0 Å². The van der Waals surface area contributed by atoms with Gasteiger partial charge in [-0.15, -0.1) is 0 Å². The highest BCUT2D eigenvalue weighted by atomic mass is 16.5. The van der Waals surface area contributed by atoms with Gasteiger partial charge in [0.05, 0.1) is 36.4 Å². The number of ether oxygens (including phenoxy) is 1. The molecule has 1 aliphatic carbocycles. The molecule has 8 nitrogen and oxygen atoms in total. The monoisotopic (exact) mass is 416 g/mol. The summed E-state index contributed by atoms with van der Waals surface area (Å²) >= 11 is 0. The normalized spacial score (nSPS) is 18.3. The molecule has 1 aromatic carbocycles. The fourth-order valence-electron chi connectivity index (χ4n) is 4.09. The molecule has 2 fully saturated rings. The van der Waals surface area contributed by atoms with E-state index in [1.54, 1.807) is 29.3 Å². The van der Waals surface area contributed by atoms with Crippen molar-refractivity contribution in [2.75, 3.05) is 18.9 Å². The quantitative estimate of drug-likeness (QED) is 0.487. The van der Waals surface area contributed by atoms with Gasteiger partial charge in [-0.3, -0.25) is 9.48 Å². The zero-order valence-corrected chi connectivity index (χ0v) is 17.1. The van der Waals surface area contributed by atoms with Crippen LogP contribution in [0.15, 0.2) is 60.0 Å². The lowest BCUT2D eigenvalue weighted by molar-refractivity contribution is -0.0286. The van der Waals surface area contributed by atoms with E-state index < -0.39 is 5.41 Å². The Bertz CT molecular complexity index is 1130. The van der Waals surface area contributed by atoms with Crippen molar-refractivity contribution in [3.63, 3.8) is 0 Å². The predicted molar refractivity (Wildman–Crippen MR) is 118 cm³/mol. The molecule has 0 bridgehead atoms. The molecule has 4 N–H and O–H groups in total. The van der Waals surface area contributed by atoms with E-state index in [0.29, 0.717) is 30.4 Å². The summed E-state index contributed by atoms with van der Waals surface area (Å²) in [6, 6.07) is 12.1. The first-order valence-electron chi connectivity index (χ1n) is 10.4. The van der Waals surface area contributed by atoms with Crippen LogP contribution >= 0.6 is 0 Å². The van der Waals surface area contributed by atoms with Crippen molar-refractivity contribution in [2.24, 2.45) is 10.7 Å². The third-order valence-electron chi connectivity index (χ3n) is 6.32. The van der Waals surface area contributed by atoms with Crippen molar-refractivity contribution in [1.82, 2.24) is 14.8 Å². The zero-order chi connectivity index (χ0) is 21.4. The highest BCUT2D eigenvalue weighted by Gasteiger charge is 2.43. The van der Waals surface area contributed by atoms with Crippen LogP contribution in [0.5, 0.6) is 0 Å². The minimum Gasteiger partial charge on any atom is -0.386 e. The van der Waals surface area contributed by atoms with Gasteiger partial charge in [0.2, 0.25) is 0 Å². The first-order chi connectivity index (χ1) is 15.0. The highest BCUT2D eigenvalue weighted by Crippen LogP contribution is 2.44. The number of aliphatic imine (C=N–C) groups is 1. The molecular formula is C23H24N6O2. The first kappa shape index (κ1) is 19.4. The summed E-state index contributed by atoms with van der Waals surface area (Å²) in [5, 5.41) is 4.26. The van der Waals surface area contributed by atoms with Crippen molar-refractivity contribution < 1.29 is 9.53 Å². The molecule has 1 amide bonds. The van der Waals surface area contributed by atoms with Crippen LogP contribution in [-0.2, 0) is 10.2 Å². The number of anilines is 1. The zero-order valence-electron chi connectivity index (χ0n) is 17.1. The van der Waals surface area contributed by atoms with Crippen LogP contribution in [0.3, 0.4) is 0 Å². The van der Waals surface area contributed by atoms with Crippen molar-refractivity contribution in [2.45, 2.75) is 30.7 Å². The number of nitrogen functional groups attached to an aromatic ring is 1. The Hall–Kier alpha value is -3.52. The van der Waals surface area contributed by atoms with E-state index in [9.17, 15) is 4.79 Å². The number of amides is 1. The van der Waals surface area contributed by atoms with Gasteiger partial charge in [-0.2, -0.15) is 10.1 Å². The average Bonchev–Trinajstić information content (AvgIpc) is 3.16. The van der Waals surface area contributed by atoms with E-state index in [1.165, 1.54) is 0 Å². The summed E-state index contributed by atoms with van der Waals surface area (Å²) in [4.78, 5) is 21.1. The number of nitrogens with two attached hydrogens (primary N) is 2. The molecular weight excluding hydrogens is 392 g/mol. The molecule has 2 aliphatic rings. The minimum absolute atomic E-state index is 0.190. The van der Waals surface area contributed by atoms with Gasteiger partial charge < -0.3 is 16.2 Å². The SMILES string of the molecule is NC(=NC(=O)c1cnn(C2COC2)c1)C1(c2ccc(-c3ccc(N)nc3)cc2)CCC1. The minimum atomic E-state index is -0.397. The lowest BCUT2D eigenvalue weighted by Gasteiger charge is -2.41. The van der Waals surface area contributed by atoms with Crippen molar-refractivity contribution in [3.05, 3.63) is 66.1 Å². The van der Waals surface area contributed by atoms with Crippen LogP contribution in [0.4, 0.5) is 5.82 Å². The summed E-state index contributed by atoms with van der Waals surface area (Å²) in [6.45, 7) is 1.23. The number of pyridine rings is 1. The Balaban J connectivity index is 1.37. The number of carbonyl (C=O) groups is 1. The molecule has 158 valence electrons. The van der Waals surface area contributed by atoms with E-state index in [-0.39, 0.29) is 11.9 Å². The summed E-state index contributed by atoms with van der Waals surface area (Å²) in [5.41, 5.74) is 15.2. The second-order valence-electron chi connectivity index (χ2n) is 8.19. The molecule has 3 aromatic rings. The van der Waals surface area contributed by atoms with Gasteiger partial charge in [0.1, 0.15) is 11.7 Å². The number of hydrogen-bond donors (Lipinski definition) is 2. The topological polar surface area (TPSA) is 121 Å². The number of hydrogen-bond acceptors (Lipinski definition) is 5. The van der Waals surface area contributed by atoms with Crippen molar-refractivity contribution >= 4 is 17.6 Å². The maximum atomic E-state index is 12.7. The van der Waals surface area contributed by atoms with Gasteiger partial charge in [0.25, 0.3) is 5.91 Å². The Morgan fingerprint density at radius 1 is 1.10 bits per heavy atom. The van der Waals surface area contributed by atoms with Gasteiger partial charge in [0.15, 0.2) is 0 Å². The van der Waals surface area contributed by atoms with E-state index in [0.717, 1.165) is 36.0 Å². The van der Waals surface area contributed by atoms with Crippen LogP contribution in [-0.4, -0.2) is 39.7 Å². The van der Waals surface area contributed by atoms with Crippen LogP contribution in [0.25, 0.3) is 11.1 Å². The molecule has 0 spiro atoms. The average molecular weight is 416 g/mol. The number of benzene rings is 1. The number of aromatic nitrogens is 3. The molecule has 1 aliphatic heterocycles. The van der Waals surface area contributed by atoms with Crippen LogP contribution in [0, 0.1) is 0 Å². The largest absolute Gasteiger partial charge is 0.386 e. The molecule has 1 saturated carbocycles. The summed E-state index contributed by atoms with van der Waals surface area (Å²) in [5.74, 6) is 0.499. The Morgan fingerprint density at radius 2 is 1.84 bits per heavy atom. The van der Waals surface area contributed by atoms with Gasteiger partial charge >= 0.3 is 0 Å². The Kier molecular flexibility index (Phi) is 4.78. The second kappa shape index (κ2) is 7.63. The van der Waals surface area contributed by atoms with Crippen molar-refractivity contribution in [3.8, 4) is 11.1 Å². The summed E-state index contributed by atoms with van der Waals surface area (Å²) < 4.78 is 6.94. The lowest BCUT2D eigenvalue weighted by atomic mass is 9.63. The van der Waals surface area contributed by atoms with Crippen LogP contribution < -0.4 is 11.5 Å². The smallest absolute Gasteiger partial charge is 0.281 e. The molecule has 0 atom stereocenters. The van der Waals surface area contributed by atoms with Crippen molar-refractivity contribution in [1.29, 1.82) is 0 Å². The second-order valence-corrected chi connectivity index (χ2v) is 8.19. The molecule has 8 heteroatoms. The van der Waals surface area contributed by atoms with Gasteiger partial charge in [-0.05, 0) is 36.1 Å². The highest BCUT2D eigenvalue weighted by molar-refractivity contribution is 6.06. The third-order valence-corrected chi connectivity index (χ3v) is 6.32. The predicted octanol–water partition coefficient (Wildman–Crippen LogP) is 2.72. The fraction of sp³-hybridized carbons (Fsp3) is 0.304. The lowest BCUT2D eigenvalue weighted by Crippen LogP contribution is -2.47. The fourth-order valence-corrected chi connectivity index (χ4v) is 4.09. The Labute approximate surface area is 179 Å². The Morgan fingerprint density at radius 3 is 2.42 bits per heavy atom. The maximum absolute atomic E-state index is 12.7. The third kappa shape index (κ3) is 3.48. The summed E-state index contributed by atoms with van der Waals surface area (Å²) in [7, 11) is 0. The van der Waals surface area contributed by atoms with Gasteiger partial charge in [-0.25, -0.2) is 4.98 Å². The molecule has 2 aromatic heterocycles. The number of carbonyl (C=O) groups excluding carboxylic acids is 1. The number of nitrogens with zero attached hydrogens (tertiary/aromatic N) is 4. The van der Waals surface area contributed by atoms with E-state index in [2.05, 4.69) is 27.2 Å². The standard InChI is InChI=1S/C23H24N6O2/c24-20-7-4-16(10-26-20)15-2-5-18(6-3-15)23(8-1-9-23)22(25)28-21(30)17-11-27-29(12-17)19-13-31-14-19/h2-7,10-12,19H,1,8-9,13-14H2,(H2,24,26)(H2,25,28,30). The van der Waals surface area contributed by atoms with E-state index in [4.69, 9.17) is 16.2 Å². The van der Waals surface area contributed by atoms with E-state index in [1.807, 2.05) is 18.2 Å². The first-order valence-corrected chi connectivity index (χ1v) is 10.4. The molecule has 3 heterocycles. The van der Waals surface area contributed by atoms with Gasteiger partial charge in [0, 0.05) is 18.0 Å². The molecule has 31 heavy (non-hydrogen) atoms. The molecule has 0 unspecified atom stereocenters. The number of amidine groups is 1. The maximum Gasteiger partial charge on any atom is 0.281 e. The summed E-state index contributed by atoms with van der Waals surface area (Å²) in [6.07, 6.45) is 7.81. The van der Waals surface area contributed by atoms with E-state index >= 15 is 0 Å². The molecule has 0 radical (unpaired) electrons. The molecule has 1 saturated heterocycles. The van der Waals surface area contributed by atoms with Gasteiger partial charge in [-0.1, -0.05) is 30.7 Å². The van der Waals surface area contributed by atoms with Crippen LogP contribution in [0.1, 0.15) is 41.2 Å².